The lowest BCUT2D eigenvalue weighted by molar-refractivity contribution is 0.435. The predicted molar refractivity (Wildman–Crippen MR) is 80.7 cm³/mol. The van der Waals surface area contributed by atoms with Gasteiger partial charge in [0.15, 0.2) is 11.6 Å². The maximum absolute atomic E-state index is 13.4. The van der Waals surface area contributed by atoms with Crippen LogP contribution in [0.5, 0.6) is 11.5 Å². The zero-order chi connectivity index (χ0) is 15.1. The molecule has 0 aliphatic carbocycles. The molecule has 0 spiro atoms. The number of rotatable bonds is 3. The minimum Gasteiger partial charge on any atom is -0.454 e. The van der Waals surface area contributed by atoms with Crippen molar-refractivity contribution in [2.45, 2.75) is 25.7 Å². The van der Waals surface area contributed by atoms with Gasteiger partial charge in [-0.1, -0.05) is 13.8 Å². The van der Waals surface area contributed by atoms with Gasteiger partial charge in [0.2, 0.25) is 0 Å². The molecule has 0 N–H and O–H groups in total. The quantitative estimate of drug-likeness (QED) is 0.661. The topological polar surface area (TPSA) is 9.23 Å². The first-order chi connectivity index (χ1) is 9.60. The Bertz CT molecular complexity index is 570. The van der Waals surface area contributed by atoms with Gasteiger partial charge in [-0.25, -0.2) is 8.78 Å². The molecule has 0 radical (unpaired) electrons. The molecular formula is C16H18F2OS. The van der Waals surface area contributed by atoms with E-state index in [4.69, 9.17) is 4.74 Å². The Kier molecular flexibility index (Phi) is 6.52. The molecule has 0 bridgehead atoms. The van der Waals surface area contributed by atoms with E-state index in [9.17, 15) is 8.78 Å². The number of hydrogen-bond donors (Lipinski definition) is 0. The van der Waals surface area contributed by atoms with Gasteiger partial charge in [-0.3, -0.25) is 0 Å². The number of thioether (sulfide) groups is 1. The lowest BCUT2D eigenvalue weighted by Crippen LogP contribution is -1.91. The molecule has 1 nitrogen and oxygen atoms in total. The molecule has 108 valence electrons. The Labute approximate surface area is 123 Å². The monoisotopic (exact) mass is 296 g/mol. The molecule has 0 aromatic heterocycles. The molecule has 2 aromatic carbocycles. The molecule has 0 aliphatic rings. The van der Waals surface area contributed by atoms with Crippen LogP contribution in [0.1, 0.15) is 19.4 Å². The van der Waals surface area contributed by atoms with Gasteiger partial charge in [0.25, 0.3) is 0 Å². The molecule has 0 atom stereocenters. The molecule has 0 amide bonds. The average molecular weight is 296 g/mol. The molecule has 20 heavy (non-hydrogen) atoms. The van der Waals surface area contributed by atoms with E-state index in [1.165, 1.54) is 12.1 Å². The van der Waals surface area contributed by atoms with Gasteiger partial charge in [0.05, 0.1) is 0 Å². The molecule has 0 fully saturated rings. The highest BCUT2D eigenvalue weighted by Gasteiger charge is 2.08. The van der Waals surface area contributed by atoms with E-state index in [1.807, 2.05) is 39.2 Å². The standard InChI is InChI=1S/C14H12F2OS.C2H6/c1-9-7-11(18-2)4-6-13(9)17-14-5-3-10(15)8-12(14)16;1-2/h3-8H,1-2H3;1-2H3. The first kappa shape index (κ1) is 16.5. The summed E-state index contributed by atoms with van der Waals surface area (Å²) in [6, 6.07) is 8.90. The fraction of sp³-hybridized carbons (Fsp3) is 0.250. The highest BCUT2D eigenvalue weighted by atomic mass is 32.2. The summed E-state index contributed by atoms with van der Waals surface area (Å²) in [7, 11) is 0. The van der Waals surface area contributed by atoms with Gasteiger partial charge in [-0.05, 0) is 49.1 Å². The summed E-state index contributed by atoms with van der Waals surface area (Å²) in [5.74, 6) is -0.729. The van der Waals surface area contributed by atoms with E-state index in [1.54, 1.807) is 17.8 Å². The van der Waals surface area contributed by atoms with E-state index in [0.717, 1.165) is 16.5 Å². The largest absolute Gasteiger partial charge is 0.454 e. The van der Waals surface area contributed by atoms with Gasteiger partial charge >= 0.3 is 0 Å². The van der Waals surface area contributed by atoms with Crippen molar-refractivity contribution in [3.63, 3.8) is 0 Å². The third-order valence-electron chi connectivity index (χ3n) is 2.50. The molecule has 0 saturated heterocycles. The Morgan fingerprint density at radius 1 is 0.950 bits per heavy atom. The number of ether oxygens (including phenoxy) is 1. The van der Waals surface area contributed by atoms with Crippen LogP contribution < -0.4 is 4.74 Å². The van der Waals surface area contributed by atoms with Crippen LogP contribution in [0, 0.1) is 18.6 Å². The predicted octanol–water partition coefficient (Wildman–Crippen LogP) is 5.81. The third-order valence-corrected chi connectivity index (χ3v) is 3.22. The van der Waals surface area contributed by atoms with Gasteiger partial charge < -0.3 is 4.74 Å². The number of hydrogen-bond acceptors (Lipinski definition) is 2. The fourth-order valence-corrected chi connectivity index (χ4v) is 2.04. The van der Waals surface area contributed by atoms with Crippen LogP contribution in [-0.4, -0.2) is 6.26 Å². The summed E-state index contributed by atoms with van der Waals surface area (Å²) in [5.41, 5.74) is 0.908. The van der Waals surface area contributed by atoms with Crippen molar-refractivity contribution in [1.29, 1.82) is 0 Å². The van der Waals surface area contributed by atoms with E-state index in [2.05, 4.69) is 0 Å². The SMILES string of the molecule is CC.CSc1ccc(Oc2ccc(F)cc2F)c(C)c1. The molecular weight excluding hydrogens is 278 g/mol. The Morgan fingerprint density at radius 2 is 1.60 bits per heavy atom. The van der Waals surface area contributed by atoms with Crippen molar-refractivity contribution >= 4 is 11.8 Å². The summed E-state index contributed by atoms with van der Waals surface area (Å²) in [6.45, 7) is 5.89. The minimum atomic E-state index is -0.705. The second-order valence-electron chi connectivity index (χ2n) is 3.81. The zero-order valence-electron chi connectivity index (χ0n) is 12.0. The van der Waals surface area contributed by atoms with Crippen molar-refractivity contribution in [2.75, 3.05) is 6.26 Å². The minimum absolute atomic E-state index is 0.0244. The van der Waals surface area contributed by atoms with Crippen LogP contribution in [0.25, 0.3) is 0 Å². The second kappa shape index (κ2) is 7.90. The number of benzene rings is 2. The summed E-state index contributed by atoms with van der Waals surface area (Å²) >= 11 is 1.62. The molecule has 0 aliphatic heterocycles. The van der Waals surface area contributed by atoms with E-state index >= 15 is 0 Å². The van der Waals surface area contributed by atoms with Crippen molar-refractivity contribution < 1.29 is 13.5 Å². The maximum Gasteiger partial charge on any atom is 0.168 e. The summed E-state index contributed by atoms with van der Waals surface area (Å²) in [6.07, 6.45) is 1.98. The second-order valence-corrected chi connectivity index (χ2v) is 4.69. The van der Waals surface area contributed by atoms with Crippen molar-refractivity contribution in [3.8, 4) is 11.5 Å². The van der Waals surface area contributed by atoms with Crippen molar-refractivity contribution in [1.82, 2.24) is 0 Å². The molecule has 2 rings (SSSR count). The van der Waals surface area contributed by atoms with Crippen LogP contribution in [0.4, 0.5) is 8.78 Å². The van der Waals surface area contributed by atoms with Gasteiger partial charge in [-0.15, -0.1) is 11.8 Å². The highest BCUT2D eigenvalue weighted by molar-refractivity contribution is 7.98. The van der Waals surface area contributed by atoms with Crippen LogP contribution in [0.15, 0.2) is 41.3 Å². The zero-order valence-corrected chi connectivity index (χ0v) is 12.9. The smallest absolute Gasteiger partial charge is 0.168 e. The van der Waals surface area contributed by atoms with Crippen LogP contribution >= 0.6 is 11.8 Å². The Hall–Kier alpha value is -1.55. The Morgan fingerprint density at radius 3 is 2.15 bits per heavy atom. The van der Waals surface area contributed by atoms with Crippen molar-refractivity contribution in [3.05, 3.63) is 53.6 Å². The van der Waals surface area contributed by atoms with E-state index in [-0.39, 0.29) is 5.75 Å². The molecule has 0 unspecified atom stereocenters. The summed E-state index contributed by atoms with van der Waals surface area (Å²) in [5, 5.41) is 0. The highest BCUT2D eigenvalue weighted by Crippen LogP contribution is 2.29. The number of halogens is 2. The van der Waals surface area contributed by atoms with Crippen LogP contribution in [0.3, 0.4) is 0 Å². The third kappa shape index (κ3) is 4.23. The molecule has 0 heterocycles. The lowest BCUT2D eigenvalue weighted by atomic mass is 10.2. The van der Waals surface area contributed by atoms with Crippen molar-refractivity contribution in [2.24, 2.45) is 0 Å². The molecule has 4 heteroatoms. The van der Waals surface area contributed by atoms with Gasteiger partial charge in [-0.2, -0.15) is 0 Å². The Balaban J connectivity index is 0.000000956. The van der Waals surface area contributed by atoms with E-state index in [0.29, 0.717) is 5.75 Å². The number of aryl methyl sites for hydroxylation is 1. The van der Waals surface area contributed by atoms with Gasteiger partial charge in [0, 0.05) is 11.0 Å². The first-order valence-corrected chi connectivity index (χ1v) is 7.60. The summed E-state index contributed by atoms with van der Waals surface area (Å²) in [4.78, 5) is 1.11. The maximum atomic E-state index is 13.4. The average Bonchev–Trinajstić information content (AvgIpc) is 2.46. The fourth-order valence-electron chi connectivity index (χ4n) is 1.54. The normalized spacial score (nSPS) is 9.70. The lowest BCUT2D eigenvalue weighted by Gasteiger charge is -2.10. The van der Waals surface area contributed by atoms with E-state index < -0.39 is 11.6 Å². The van der Waals surface area contributed by atoms with Crippen LogP contribution in [-0.2, 0) is 0 Å². The van der Waals surface area contributed by atoms with Gasteiger partial charge in [0.1, 0.15) is 11.6 Å². The molecule has 2 aromatic rings. The van der Waals surface area contributed by atoms with Crippen LogP contribution in [0.2, 0.25) is 0 Å². The molecule has 0 saturated carbocycles. The summed E-state index contributed by atoms with van der Waals surface area (Å²) < 4.78 is 31.7. The first-order valence-electron chi connectivity index (χ1n) is 6.37.